The molecule has 166 valence electrons. The topological polar surface area (TPSA) is 46.9 Å². The molecular weight excluding hydrogens is 447 g/mol. The van der Waals surface area contributed by atoms with Gasteiger partial charge in [-0.2, -0.15) is 13.2 Å². The number of nitrogens with zero attached hydrogens (tertiary/aromatic N) is 2. The van der Waals surface area contributed by atoms with Crippen LogP contribution in [-0.2, 0) is 4.87 Å². The Morgan fingerprint density at radius 3 is 2.03 bits per heavy atom. The number of rotatable bonds is 3. The van der Waals surface area contributed by atoms with E-state index in [0.717, 1.165) is 5.56 Å². The second-order valence-corrected chi connectivity index (χ2v) is 8.92. The lowest BCUT2D eigenvalue weighted by atomic mass is 10.0. The molecule has 4 nitrogen and oxygen atoms in total. The molecule has 0 spiro atoms. The van der Waals surface area contributed by atoms with Crippen LogP contribution in [0.4, 0.5) is 18.0 Å². The zero-order valence-corrected chi connectivity index (χ0v) is 18.2. The van der Waals surface area contributed by atoms with Crippen LogP contribution in [0.15, 0.2) is 90.1 Å². The minimum Gasteiger partial charge on any atom is -0.311 e. The van der Waals surface area contributed by atoms with E-state index in [1.165, 1.54) is 16.7 Å². The zero-order valence-electron chi connectivity index (χ0n) is 17.4. The standard InChI is InChI=1S/C25H18F3N3OS/c1-16-12-14-19(15-13-16)24(25(26,27)28)30-22(32)31-21(18-10-6-3-7-11-18)20(29-23(31)33-24)17-8-4-2-5-9-17/h2-15H,1H3,(H,30,32)/t24-/m1/s1. The highest BCUT2D eigenvalue weighted by Gasteiger charge is 2.61. The molecule has 0 unspecified atom stereocenters. The Bertz CT molecular complexity index is 1320. The molecule has 2 heterocycles. The summed E-state index contributed by atoms with van der Waals surface area (Å²) in [4.78, 5) is 15.2. The van der Waals surface area contributed by atoms with Gasteiger partial charge in [-0.05, 0) is 24.2 Å². The third kappa shape index (κ3) is 3.51. The molecule has 0 fully saturated rings. The fourth-order valence-electron chi connectivity index (χ4n) is 3.90. The summed E-state index contributed by atoms with van der Waals surface area (Å²) in [5, 5.41) is 2.24. The van der Waals surface area contributed by atoms with Crippen LogP contribution >= 0.6 is 11.8 Å². The van der Waals surface area contributed by atoms with Crippen molar-refractivity contribution in [3.05, 3.63) is 96.1 Å². The summed E-state index contributed by atoms with van der Waals surface area (Å²) in [6.07, 6.45) is -4.76. The number of carbonyl (C=O) groups excluding carboxylic acids is 1. The minimum absolute atomic E-state index is 0.0191. The predicted molar refractivity (Wildman–Crippen MR) is 122 cm³/mol. The molecule has 1 aliphatic heterocycles. The van der Waals surface area contributed by atoms with Crippen LogP contribution in [0.1, 0.15) is 11.1 Å². The van der Waals surface area contributed by atoms with Crippen molar-refractivity contribution in [2.75, 3.05) is 0 Å². The highest BCUT2D eigenvalue weighted by Crippen LogP contribution is 2.53. The smallest absolute Gasteiger partial charge is 0.311 e. The number of benzene rings is 3. The molecule has 33 heavy (non-hydrogen) atoms. The number of thioether (sulfide) groups is 1. The van der Waals surface area contributed by atoms with Crippen molar-refractivity contribution in [2.24, 2.45) is 0 Å². The van der Waals surface area contributed by atoms with Gasteiger partial charge in [-0.1, -0.05) is 90.5 Å². The van der Waals surface area contributed by atoms with Crippen LogP contribution in [0, 0.1) is 6.92 Å². The number of aryl methyl sites for hydroxylation is 1. The van der Waals surface area contributed by atoms with Crippen LogP contribution in [0.25, 0.3) is 22.5 Å². The highest BCUT2D eigenvalue weighted by molar-refractivity contribution is 8.00. The molecule has 1 aliphatic rings. The summed E-state index contributed by atoms with van der Waals surface area (Å²) in [5.74, 6) is 0. The molecule has 0 saturated heterocycles. The minimum atomic E-state index is -4.76. The van der Waals surface area contributed by atoms with Crippen LogP contribution in [0.2, 0.25) is 0 Å². The van der Waals surface area contributed by atoms with Crippen molar-refractivity contribution in [2.45, 2.75) is 23.1 Å². The van der Waals surface area contributed by atoms with Gasteiger partial charge in [0.15, 0.2) is 5.16 Å². The first-order chi connectivity index (χ1) is 15.8. The lowest BCUT2D eigenvalue weighted by Crippen LogP contribution is -2.57. The fraction of sp³-hybridized carbons (Fsp3) is 0.120. The Morgan fingerprint density at radius 1 is 0.879 bits per heavy atom. The number of hydrogen-bond donors (Lipinski definition) is 1. The van der Waals surface area contributed by atoms with E-state index in [4.69, 9.17) is 0 Å². The average Bonchev–Trinajstić information content (AvgIpc) is 3.20. The number of amides is 1. The van der Waals surface area contributed by atoms with E-state index in [0.29, 0.717) is 34.3 Å². The van der Waals surface area contributed by atoms with E-state index in [2.05, 4.69) is 10.3 Å². The van der Waals surface area contributed by atoms with Crippen LogP contribution in [-0.4, -0.2) is 21.8 Å². The van der Waals surface area contributed by atoms with Gasteiger partial charge in [-0.3, -0.25) is 0 Å². The van der Waals surface area contributed by atoms with Crippen molar-refractivity contribution in [1.29, 1.82) is 0 Å². The molecule has 1 amide bonds. The van der Waals surface area contributed by atoms with E-state index < -0.39 is 17.1 Å². The zero-order chi connectivity index (χ0) is 23.2. The highest BCUT2D eigenvalue weighted by atomic mass is 32.2. The molecule has 1 N–H and O–H groups in total. The van der Waals surface area contributed by atoms with E-state index >= 15 is 0 Å². The number of fused-ring (bicyclic) bond motifs is 1. The van der Waals surface area contributed by atoms with Crippen molar-refractivity contribution in [3.8, 4) is 22.5 Å². The average molecular weight is 466 g/mol. The molecule has 8 heteroatoms. The number of carbonyl (C=O) groups is 1. The van der Waals surface area contributed by atoms with Gasteiger partial charge in [-0.15, -0.1) is 0 Å². The van der Waals surface area contributed by atoms with Gasteiger partial charge >= 0.3 is 12.2 Å². The molecule has 1 atom stereocenters. The molecule has 0 bridgehead atoms. The number of alkyl halides is 3. The maximum Gasteiger partial charge on any atom is 0.425 e. The van der Waals surface area contributed by atoms with Gasteiger partial charge in [-0.25, -0.2) is 14.3 Å². The Hall–Kier alpha value is -3.52. The fourth-order valence-corrected chi connectivity index (χ4v) is 5.08. The third-order valence-corrected chi connectivity index (χ3v) is 6.86. The summed E-state index contributed by atoms with van der Waals surface area (Å²) in [6.45, 7) is 1.79. The summed E-state index contributed by atoms with van der Waals surface area (Å²) in [6, 6.07) is 23.3. The summed E-state index contributed by atoms with van der Waals surface area (Å²) in [5.41, 5.74) is 3.04. The van der Waals surface area contributed by atoms with Gasteiger partial charge in [0.05, 0.1) is 11.4 Å². The first-order valence-electron chi connectivity index (χ1n) is 10.2. The molecule has 1 aromatic heterocycles. The van der Waals surface area contributed by atoms with Crippen LogP contribution in [0.3, 0.4) is 0 Å². The third-order valence-electron chi connectivity index (χ3n) is 5.53. The van der Waals surface area contributed by atoms with Gasteiger partial charge in [0.25, 0.3) is 0 Å². The van der Waals surface area contributed by atoms with Crippen molar-refractivity contribution < 1.29 is 18.0 Å². The first kappa shape index (κ1) is 21.3. The molecule has 4 aromatic rings. The van der Waals surface area contributed by atoms with Crippen molar-refractivity contribution in [1.82, 2.24) is 14.9 Å². The van der Waals surface area contributed by atoms with Gasteiger partial charge < -0.3 is 5.32 Å². The maximum atomic E-state index is 14.5. The van der Waals surface area contributed by atoms with E-state index in [9.17, 15) is 18.0 Å². The molecule has 0 radical (unpaired) electrons. The van der Waals surface area contributed by atoms with Crippen molar-refractivity contribution >= 4 is 17.8 Å². The van der Waals surface area contributed by atoms with E-state index in [-0.39, 0.29) is 10.7 Å². The number of hydrogen-bond acceptors (Lipinski definition) is 3. The first-order valence-corrected chi connectivity index (χ1v) is 11.0. The predicted octanol–water partition coefficient (Wildman–Crippen LogP) is 6.60. The molecule has 3 aromatic carbocycles. The normalized spacial score (nSPS) is 18.0. The Balaban J connectivity index is 1.75. The number of aromatic nitrogens is 2. The monoisotopic (exact) mass is 465 g/mol. The number of imidazole rings is 1. The Labute approximate surface area is 192 Å². The second-order valence-electron chi connectivity index (χ2n) is 7.74. The maximum absolute atomic E-state index is 14.5. The van der Waals surface area contributed by atoms with Crippen molar-refractivity contribution in [3.63, 3.8) is 0 Å². The van der Waals surface area contributed by atoms with Gasteiger partial charge in [0, 0.05) is 11.1 Å². The van der Waals surface area contributed by atoms with E-state index in [1.807, 2.05) is 48.5 Å². The quantitative estimate of drug-likeness (QED) is 0.371. The Kier molecular flexibility index (Phi) is 5.05. The Morgan fingerprint density at radius 2 is 1.45 bits per heavy atom. The summed E-state index contributed by atoms with van der Waals surface area (Å²) in [7, 11) is 0. The number of nitrogens with one attached hydrogen (secondary N) is 1. The SMILES string of the molecule is Cc1ccc([C@@]2(C(F)(F)F)NC(=O)n3c(nc(-c4ccccc4)c3-c3ccccc3)S2)cc1. The van der Waals surface area contributed by atoms with Gasteiger partial charge in [0.1, 0.15) is 0 Å². The summed E-state index contributed by atoms with van der Waals surface area (Å²) >= 11 is 0.493. The molecule has 5 rings (SSSR count). The van der Waals surface area contributed by atoms with E-state index in [1.54, 1.807) is 31.2 Å². The number of halogens is 3. The lowest BCUT2D eigenvalue weighted by Gasteiger charge is -2.38. The molecule has 0 aliphatic carbocycles. The van der Waals surface area contributed by atoms with Crippen LogP contribution in [0.5, 0.6) is 0 Å². The van der Waals surface area contributed by atoms with Crippen LogP contribution < -0.4 is 5.32 Å². The lowest BCUT2D eigenvalue weighted by molar-refractivity contribution is -0.167. The summed E-state index contributed by atoms with van der Waals surface area (Å²) < 4.78 is 44.8. The van der Waals surface area contributed by atoms with Gasteiger partial charge in [0.2, 0.25) is 4.87 Å². The second kappa shape index (κ2) is 7.81. The largest absolute Gasteiger partial charge is 0.425 e. The molecule has 0 saturated carbocycles. The molecular formula is C25H18F3N3OS.